The molecular formula is C16H27NO11. The van der Waals surface area contributed by atoms with Gasteiger partial charge in [-0.1, -0.05) is 0 Å². The predicted octanol–water partition coefficient (Wildman–Crippen LogP) is -2.83. The monoisotopic (exact) mass is 409 g/mol. The minimum atomic E-state index is -1.68. The Bertz CT molecular complexity index is 561. The lowest BCUT2D eigenvalue weighted by Gasteiger charge is -2.46. The zero-order valence-electron chi connectivity index (χ0n) is 15.9. The molecule has 1 amide bonds. The van der Waals surface area contributed by atoms with Gasteiger partial charge in [-0.05, 0) is 6.92 Å². The number of amides is 1. The minimum absolute atomic E-state index is 0.459. The number of carboxylic acid groups (broad SMARTS) is 1. The number of hydrogen-bond donors (Lipinski definition) is 5. The lowest BCUT2D eigenvalue weighted by Crippen LogP contribution is -2.67. The molecule has 0 bridgehead atoms. The fraction of sp³-hybridized carbons (Fsp3) is 0.875. The van der Waals surface area contributed by atoms with E-state index in [0.29, 0.717) is 0 Å². The number of carbonyl (C=O) groups excluding carboxylic acids is 1. The number of carboxylic acids is 1. The zero-order chi connectivity index (χ0) is 21.2. The molecule has 0 aromatic heterocycles. The second-order valence-electron chi connectivity index (χ2n) is 6.71. The van der Waals surface area contributed by atoms with Crippen molar-refractivity contribution in [2.24, 2.45) is 0 Å². The summed E-state index contributed by atoms with van der Waals surface area (Å²) >= 11 is 0. The van der Waals surface area contributed by atoms with E-state index in [1.807, 2.05) is 0 Å². The highest BCUT2D eigenvalue weighted by atomic mass is 16.7. The fourth-order valence-corrected chi connectivity index (χ4v) is 3.33. The SMILES string of the molecule is CO[C@@H]1OC(C)[C@@H](O)C(O[C@@H]2OC(C(=O)O)[C@@H](OC)C(O)C2O)C1NC(C)=O. The normalized spacial score (nSPS) is 44.1. The lowest BCUT2D eigenvalue weighted by molar-refractivity contribution is -0.337. The van der Waals surface area contributed by atoms with E-state index >= 15 is 0 Å². The van der Waals surface area contributed by atoms with Crippen molar-refractivity contribution >= 4 is 11.9 Å². The maximum Gasteiger partial charge on any atom is 0.335 e. The van der Waals surface area contributed by atoms with Gasteiger partial charge in [-0.2, -0.15) is 0 Å². The Morgan fingerprint density at radius 1 is 0.929 bits per heavy atom. The summed E-state index contributed by atoms with van der Waals surface area (Å²) in [4.78, 5) is 23.0. The van der Waals surface area contributed by atoms with Gasteiger partial charge < -0.3 is 49.4 Å². The van der Waals surface area contributed by atoms with E-state index in [9.17, 15) is 30.0 Å². The zero-order valence-corrected chi connectivity index (χ0v) is 15.9. The first-order chi connectivity index (χ1) is 13.1. The largest absolute Gasteiger partial charge is 0.479 e. The maximum absolute atomic E-state index is 11.6. The first-order valence-electron chi connectivity index (χ1n) is 8.68. The molecule has 2 heterocycles. The van der Waals surface area contributed by atoms with E-state index in [-0.39, 0.29) is 0 Å². The van der Waals surface area contributed by atoms with Crippen LogP contribution in [-0.2, 0) is 33.3 Å². The molecule has 0 aromatic rings. The molecule has 0 radical (unpaired) electrons. The molecule has 0 saturated carbocycles. The lowest BCUT2D eigenvalue weighted by atomic mass is 9.95. The van der Waals surface area contributed by atoms with Crippen molar-refractivity contribution in [1.29, 1.82) is 0 Å². The second-order valence-corrected chi connectivity index (χ2v) is 6.71. The van der Waals surface area contributed by atoms with Gasteiger partial charge in [0.2, 0.25) is 5.91 Å². The number of aliphatic carboxylic acids is 1. The standard InChI is InChI=1S/C16H27NO11/c1-5-8(19)11(7(17-6(2)18)15(25-4)26-5)27-16-10(21)9(20)12(24-3)13(28-16)14(22)23/h5,7-13,15-16,19-21H,1-4H3,(H,17,18)(H,22,23)/t5?,7?,8-,9?,10?,11?,12+,13?,15-,16-/m1/s1. The van der Waals surface area contributed by atoms with Crippen LogP contribution in [0, 0.1) is 0 Å². The Balaban J connectivity index is 2.27. The van der Waals surface area contributed by atoms with Crippen LogP contribution in [0.25, 0.3) is 0 Å². The number of rotatable bonds is 6. The minimum Gasteiger partial charge on any atom is -0.479 e. The summed E-state index contributed by atoms with van der Waals surface area (Å²) in [6.45, 7) is 2.79. The van der Waals surface area contributed by atoms with Crippen molar-refractivity contribution in [3.63, 3.8) is 0 Å². The molecule has 0 spiro atoms. The van der Waals surface area contributed by atoms with Crippen LogP contribution in [0.2, 0.25) is 0 Å². The smallest absolute Gasteiger partial charge is 0.335 e. The molecule has 2 rings (SSSR count). The first kappa shape index (κ1) is 22.9. The summed E-state index contributed by atoms with van der Waals surface area (Å²) in [7, 11) is 2.50. The van der Waals surface area contributed by atoms with Crippen LogP contribution in [0.15, 0.2) is 0 Å². The molecular weight excluding hydrogens is 382 g/mol. The Labute approximate surface area is 161 Å². The predicted molar refractivity (Wildman–Crippen MR) is 88.9 cm³/mol. The molecule has 2 fully saturated rings. The number of aliphatic hydroxyl groups is 3. The number of nitrogens with one attached hydrogen (secondary N) is 1. The topological polar surface area (TPSA) is 173 Å². The molecule has 5 N–H and O–H groups in total. The molecule has 6 unspecified atom stereocenters. The maximum atomic E-state index is 11.6. The van der Waals surface area contributed by atoms with Crippen LogP contribution in [0.1, 0.15) is 13.8 Å². The summed E-state index contributed by atoms with van der Waals surface area (Å²) in [5, 5.41) is 42.9. The Morgan fingerprint density at radius 3 is 2.07 bits per heavy atom. The number of ether oxygens (including phenoxy) is 5. The van der Waals surface area contributed by atoms with Gasteiger partial charge in [-0.25, -0.2) is 4.79 Å². The van der Waals surface area contributed by atoms with E-state index in [1.54, 1.807) is 6.92 Å². The van der Waals surface area contributed by atoms with Gasteiger partial charge in [-0.3, -0.25) is 4.79 Å². The van der Waals surface area contributed by atoms with E-state index in [0.717, 1.165) is 0 Å². The van der Waals surface area contributed by atoms with Crippen LogP contribution in [0.5, 0.6) is 0 Å². The Hall–Kier alpha value is -1.38. The van der Waals surface area contributed by atoms with Crippen LogP contribution >= 0.6 is 0 Å². The number of carbonyl (C=O) groups is 2. The number of aliphatic hydroxyl groups excluding tert-OH is 3. The molecule has 0 aliphatic carbocycles. The summed E-state index contributed by atoms with van der Waals surface area (Å²) in [6.07, 6.45) is -12.1. The average molecular weight is 409 g/mol. The highest BCUT2D eigenvalue weighted by Gasteiger charge is 2.52. The summed E-state index contributed by atoms with van der Waals surface area (Å²) in [6, 6.07) is -0.995. The van der Waals surface area contributed by atoms with Crippen LogP contribution < -0.4 is 5.32 Å². The first-order valence-corrected chi connectivity index (χ1v) is 8.68. The van der Waals surface area contributed by atoms with E-state index in [4.69, 9.17) is 23.7 Å². The third-order valence-electron chi connectivity index (χ3n) is 4.77. The van der Waals surface area contributed by atoms with Crippen molar-refractivity contribution in [3.8, 4) is 0 Å². The van der Waals surface area contributed by atoms with Gasteiger partial charge in [-0.15, -0.1) is 0 Å². The van der Waals surface area contributed by atoms with Crippen molar-refractivity contribution in [2.45, 2.75) is 75.2 Å². The highest BCUT2D eigenvalue weighted by Crippen LogP contribution is 2.30. The molecule has 12 heteroatoms. The van der Waals surface area contributed by atoms with E-state index in [2.05, 4.69) is 5.32 Å². The number of hydrogen-bond acceptors (Lipinski definition) is 10. The van der Waals surface area contributed by atoms with Gasteiger partial charge >= 0.3 is 5.97 Å². The van der Waals surface area contributed by atoms with E-state index < -0.39 is 73.2 Å². The Kier molecular flexibility index (Phi) is 7.70. The summed E-state index contributed by atoms with van der Waals surface area (Å²) in [5.41, 5.74) is 0. The van der Waals surface area contributed by atoms with Crippen molar-refractivity contribution in [2.75, 3.05) is 14.2 Å². The quantitative estimate of drug-likeness (QED) is 0.306. The van der Waals surface area contributed by atoms with Gasteiger partial charge in [0.15, 0.2) is 18.7 Å². The van der Waals surface area contributed by atoms with Crippen LogP contribution in [0.3, 0.4) is 0 Å². The van der Waals surface area contributed by atoms with Crippen molar-refractivity contribution in [1.82, 2.24) is 5.32 Å². The average Bonchev–Trinajstić information content (AvgIpc) is 2.63. The summed E-state index contributed by atoms with van der Waals surface area (Å²) in [5.74, 6) is -1.89. The molecule has 28 heavy (non-hydrogen) atoms. The number of methoxy groups -OCH3 is 2. The van der Waals surface area contributed by atoms with Crippen molar-refractivity contribution < 1.29 is 53.7 Å². The van der Waals surface area contributed by atoms with Crippen LogP contribution in [0.4, 0.5) is 0 Å². The third kappa shape index (κ3) is 4.60. The second kappa shape index (κ2) is 9.41. The molecule has 2 aliphatic rings. The Morgan fingerprint density at radius 2 is 1.57 bits per heavy atom. The van der Waals surface area contributed by atoms with Gasteiger partial charge in [0.1, 0.15) is 36.6 Å². The van der Waals surface area contributed by atoms with Gasteiger partial charge in [0.25, 0.3) is 0 Å². The third-order valence-corrected chi connectivity index (χ3v) is 4.77. The van der Waals surface area contributed by atoms with Crippen LogP contribution in [-0.4, -0.2) is 108 Å². The van der Waals surface area contributed by atoms with Gasteiger partial charge in [0, 0.05) is 21.1 Å². The summed E-state index contributed by atoms with van der Waals surface area (Å²) < 4.78 is 26.5. The van der Waals surface area contributed by atoms with Gasteiger partial charge in [0.05, 0.1) is 6.10 Å². The molecule has 2 aliphatic heterocycles. The molecule has 12 nitrogen and oxygen atoms in total. The van der Waals surface area contributed by atoms with E-state index in [1.165, 1.54) is 21.1 Å². The fourth-order valence-electron chi connectivity index (χ4n) is 3.33. The molecule has 162 valence electrons. The molecule has 0 aromatic carbocycles. The van der Waals surface area contributed by atoms with Crippen molar-refractivity contribution in [3.05, 3.63) is 0 Å². The highest BCUT2D eigenvalue weighted by molar-refractivity contribution is 5.73. The molecule has 2 saturated heterocycles. The molecule has 10 atom stereocenters.